The van der Waals surface area contributed by atoms with Crippen LogP contribution in [0.2, 0.25) is 0 Å². The maximum absolute atomic E-state index is 11.4. The molecule has 18 heavy (non-hydrogen) atoms. The van der Waals surface area contributed by atoms with E-state index >= 15 is 0 Å². The average molecular weight is 277 g/mol. The van der Waals surface area contributed by atoms with Crippen LogP contribution >= 0.6 is 0 Å². The number of ether oxygens (including phenoxy) is 1. The molecular weight excluding hydrogens is 254 g/mol. The molecule has 5 nitrogen and oxygen atoms in total. The Hall–Kier alpha value is -0.170. The van der Waals surface area contributed by atoms with E-state index in [4.69, 9.17) is 10.5 Å². The van der Waals surface area contributed by atoms with Crippen LogP contribution in [0.4, 0.5) is 0 Å². The SMILES string of the molecule is NCC1CCCCC1COC1CS(=O)(=O)CC1O. The molecule has 0 spiro atoms. The molecule has 2 rings (SSSR count). The summed E-state index contributed by atoms with van der Waals surface area (Å²) < 4.78 is 28.4. The molecular formula is C12H23NO4S. The minimum absolute atomic E-state index is 0.0474. The predicted molar refractivity (Wildman–Crippen MR) is 68.9 cm³/mol. The van der Waals surface area contributed by atoms with Crippen molar-refractivity contribution in [2.45, 2.75) is 37.9 Å². The lowest BCUT2D eigenvalue weighted by atomic mass is 9.80. The summed E-state index contributed by atoms with van der Waals surface area (Å²) in [4.78, 5) is 0. The van der Waals surface area contributed by atoms with Gasteiger partial charge < -0.3 is 15.6 Å². The van der Waals surface area contributed by atoms with Crippen LogP contribution in [0.15, 0.2) is 0 Å². The molecule has 4 atom stereocenters. The molecule has 1 saturated heterocycles. The van der Waals surface area contributed by atoms with Gasteiger partial charge in [-0.3, -0.25) is 0 Å². The number of hydrogen-bond acceptors (Lipinski definition) is 5. The van der Waals surface area contributed by atoms with Crippen LogP contribution in [0.3, 0.4) is 0 Å². The van der Waals surface area contributed by atoms with Crippen molar-refractivity contribution < 1.29 is 18.3 Å². The fourth-order valence-corrected chi connectivity index (χ4v) is 4.71. The minimum Gasteiger partial charge on any atom is -0.389 e. The van der Waals surface area contributed by atoms with E-state index in [0.29, 0.717) is 25.0 Å². The van der Waals surface area contributed by atoms with Gasteiger partial charge in [-0.15, -0.1) is 0 Å². The molecule has 6 heteroatoms. The lowest BCUT2D eigenvalue weighted by molar-refractivity contribution is -0.0350. The van der Waals surface area contributed by atoms with Crippen molar-refractivity contribution in [1.29, 1.82) is 0 Å². The van der Waals surface area contributed by atoms with Crippen LogP contribution in [0.1, 0.15) is 25.7 Å². The van der Waals surface area contributed by atoms with Gasteiger partial charge in [0.15, 0.2) is 9.84 Å². The predicted octanol–water partition coefficient (Wildman–Crippen LogP) is -0.0740. The number of rotatable bonds is 4. The number of nitrogens with two attached hydrogens (primary N) is 1. The smallest absolute Gasteiger partial charge is 0.155 e. The molecule has 0 radical (unpaired) electrons. The summed E-state index contributed by atoms with van der Waals surface area (Å²) in [6.45, 7) is 1.19. The Balaban J connectivity index is 1.84. The van der Waals surface area contributed by atoms with E-state index in [9.17, 15) is 13.5 Å². The maximum atomic E-state index is 11.4. The second-order valence-corrected chi connectivity index (χ2v) is 7.71. The van der Waals surface area contributed by atoms with Gasteiger partial charge in [-0.25, -0.2) is 8.42 Å². The standard InChI is InChI=1S/C12H23NO4S/c13-5-9-3-1-2-4-10(9)6-17-12-8-18(15,16)7-11(12)14/h9-12,14H,1-8,13H2. The molecule has 1 aliphatic carbocycles. The third kappa shape index (κ3) is 3.44. The van der Waals surface area contributed by atoms with Gasteiger partial charge in [0, 0.05) is 0 Å². The number of aliphatic hydroxyl groups excluding tert-OH is 1. The molecule has 2 aliphatic rings. The number of sulfone groups is 1. The van der Waals surface area contributed by atoms with Crippen LogP contribution < -0.4 is 5.73 Å². The highest BCUT2D eigenvalue weighted by Gasteiger charge is 2.38. The van der Waals surface area contributed by atoms with Gasteiger partial charge in [-0.2, -0.15) is 0 Å². The zero-order valence-electron chi connectivity index (χ0n) is 10.6. The lowest BCUT2D eigenvalue weighted by Gasteiger charge is -2.31. The molecule has 0 bridgehead atoms. The molecule has 1 heterocycles. The molecule has 0 aromatic carbocycles. The average Bonchev–Trinajstić information content (AvgIpc) is 2.60. The van der Waals surface area contributed by atoms with Crippen LogP contribution in [-0.4, -0.2) is 50.4 Å². The first-order chi connectivity index (χ1) is 8.52. The van der Waals surface area contributed by atoms with E-state index in [1.807, 2.05) is 0 Å². The fraction of sp³-hybridized carbons (Fsp3) is 1.00. The highest BCUT2D eigenvalue weighted by atomic mass is 32.2. The fourth-order valence-electron chi connectivity index (χ4n) is 3.02. The molecule has 2 fully saturated rings. The van der Waals surface area contributed by atoms with E-state index < -0.39 is 22.0 Å². The highest BCUT2D eigenvalue weighted by Crippen LogP contribution is 2.30. The third-order valence-corrected chi connectivity index (χ3v) is 5.85. The van der Waals surface area contributed by atoms with Crippen molar-refractivity contribution in [2.24, 2.45) is 17.6 Å². The largest absolute Gasteiger partial charge is 0.389 e. The molecule has 4 unspecified atom stereocenters. The molecule has 1 saturated carbocycles. The quantitative estimate of drug-likeness (QED) is 0.750. The molecule has 0 amide bonds. The topological polar surface area (TPSA) is 89.6 Å². The number of aliphatic hydroxyl groups is 1. The Bertz CT molecular complexity index is 370. The van der Waals surface area contributed by atoms with Crippen LogP contribution in [-0.2, 0) is 14.6 Å². The first-order valence-corrected chi connectivity index (χ1v) is 8.54. The van der Waals surface area contributed by atoms with Gasteiger partial charge >= 0.3 is 0 Å². The van der Waals surface area contributed by atoms with Gasteiger partial charge in [0.25, 0.3) is 0 Å². The Morgan fingerprint density at radius 1 is 1.17 bits per heavy atom. The second-order valence-electron chi connectivity index (χ2n) is 5.56. The zero-order valence-corrected chi connectivity index (χ0v) is 11.4. The summed E-state index contributed by atoms with van der Waals surface area (Å²) in [6.07, 6.45) is 3.23. The second kappa shape index (κ2) is 5.86. The van der Waals surface area contributed by atoms with Gasteiger partial charge in [-0.05, 0) is 31.2 Å². The van der Waals surface area contributed by atoms with Crippen LogP contribution in [0.25, 0.3) is 0 Å². The van der Waals surface area contributed by atoms with Crippen molar-refractivity contribution in [1.82, 2.24) is 0 Å². The molecule has 3 N–H and O–H groups in total. The summed E-state index contributed by atoms with van der Waals surface area (Å²) >= 11 is 0. The Morgan fingerprint density at radius 2 is 1.83 bits per heavy atom. The number of hydrogen-bond donors (Lipinski definition) is 2. The normalized spacial score (nSPS) is 39.9. The Kier molecular flexibility index (Phi) is 4.64. The summed E-state index contributed by atoms with van der Waals surface area (Å²) in [5, 5.41) is 9.65. The monoisotopic (exact) mass is 277 g/mol. The van der Waals surface area contributed by atoms with E-state index in [1.54, 1.807) is 0 Å². The maximum Gasteiger partial charge on any atom is 0.155 e. The summed E-state index contributed by atoms with van der Waals surface area (Å²) in [7, 11) is -3.12. The summed E-state index contributed by atoms with van der Waals surface area (Å²) in [5.74, 6) is 0.685. The van der Waals surface area contributed by atoms with E-state index in [2.05, 4.69) is 0 Å². The van der Waals surface area contributed by atoms with Gasteiger partial charge in [0.1, 0.15) is 0 Å². The Morgan fingerprint density at radius 3 is 2.39 bits per heavy atom. The first kappa shape index (κ1) is 14.2. The third-order valence-electron chi connectivity index (χ3n) is 4.17. The highest BCUT2D eigenvalue weighted by molar-refractivity contribution is 7.91. The van der Waals surface area contributed by atoms with Crippen molar-refractivity contribution in [3.8, 4) is 0 Å². The van der Waals surface area contributed by atoms with Gasteiger partial charge in [-0.1, -0.05) is 12.8 Å². The first-order valence-electron chi connectivity index (χ1n) is 6.72. The lowest BCUT2D eigenvalue weighted by Crippen LogP contribution is -2.34. The molecule has 1 aliphatic heterocycles. The van der Waals surface area contributed by atoms with Crippen molar-refractivity contribution in [3.63, 3.8) is 0 Å². The van der Waals surface area contributed by atoms with Crippen molar-refractivity contribution >= 4 is 9.84 Å². The molecule has 0 aromatic rings. The summed E-state index contributed by atoms with van der Waals surface area (Å²) in [6, 6.07) is 0. The van der Waals surface area contributed by atoms with Crippen molar-refractivity contribution in [2.75, 3.05) is 24.7 Å². The van der Waals surface area contributed by atoms with E-state index in [1.165, 1.54) is 12.8 Å². The molecule has 0 aromatic heterocycles. The van der Waals surface area contributed by atoms with E-state index in [-0.39, 0.29) is 11.5 Å². The zero-order chi connectivity index (χ0) is 13.2. The van der Waals surface area contributed by atoms with Crippen LogP contribution in [0.5, 0.6) is 0 Å². The van der Waals surface area contributed by atoms with Crippen molar-refractivity contribution in [3.05, 3.63) is 0 Å². The Labute approximate surface area is 109 Å². The minimum atomic E-state index is -3.12. The van der Waals surface area contributed by atoms with E-state index in [0.717, 1.165) is 12.8 Å². The van der Waals surface area contributed by atoms with Gasteiger partial charge in [0.2, 0.25) is 0 Å². The van der Waals surface area contributed by atoms with Crippen LogP contribution in [0, 0.1) is 11.8 Å². The molecule has 106 valence electrons. The summed E-state index contributed by atoms with van der Waals surface area (Å²) in [5.41, 5.74) is 5.75. The van der Waals surface area contributed by atoms with Gasteiger partial charge in [0.05, 0.1) is 30.3 Å².